The van der Waals surface area contributed by atoms with Crippen molar-refractivity contribution in [3.05, 3.63) is 52.4 Å². The van der Waals surface area contributed by atoms with Crippen molar-refractivity contribution < 1.29 is 24.6 Å². The highest BCUT2D eigenvalue weighted by atomic mass is 16.4. The topological polar surface area (TPSA) is 94.9 Å². The molecule has 0 saturated heterocycles. The van der Waals surface area contributed by atoms with Crippen LogP contribution in [0.25, 0.3) is 0 Å². The van der Waals surface area contributed by atoms with Crippen LogP contribution in [0.3, 0.4) is 0 Å². The summed E-state index contributed by atoms with van der Waals surface area (Å²) >= 11 is 0. The van der Waals surface area contributed by atoms with Gasteiger partial charge in [-0.1, -0.05) is 45.9 Å². The maximum Gasteiger partial charge on any atom is 0.305 e. The maximum atomic E-state index is 13.5. The van der Waals surface area contributed by atoms with Gasteiger partial charge in [-0.25, -0.2) is 0 Å². The Kier molecular flexibility index (Phi) is 5.30. The summed E-state index contributed by atoms with van der Waals surface area (Å²) in [6.07, 6.45) is 1.85. The van der Waals surface area contributed by atoms with Crippen molar-refractivity contribution in [2.45, 2.75) is 65.7 Å². The number of allylic oxidation sites excluding steroid dienone is 4. The first-order valence-corrected chi connectivity index (χ1v) is 11.2. The van der Waals surface area contributed by atoms with Crippen molar-refractivity contribution in [2.75, 3.05) is 6.54 Å². The summed E-state index contributed by atoms with van der Waals surface area (Å²) in [6.45, 7) is 8.38. The molecule has 2 N–H and O–H groups in total. The Hall–Kier alpha value is -2.89. The lowest BCUT2D eigenvalue weighted by atomic mass is 9.63. The molecule has 0 amide bonds. The zero-order valence-electron chi connectivity index (χ0n) is 19.2. The molecule has 6 nitrogen and oxygen atoms in total. The Bertz CT molecular complexity index is 1020. The van der Waals surface area contributed by atoms with E-state index in [0.717, 1.165) is 11.4 Å². The summed E-state index contributed by atoms with van der Waals surface area (Å²) in [6, 6.07) is 6.90. The van der Waals surface area contributed by atoms with Gasteiger partial charge < -0.3 is 15.1 Å². The van der Waals surface area contributed by atoms with E-state index in [2.05, 4.69) is 0 Å². The fourth-order valence-electron chi connectivity index (χ4n) is 5.57. The minimum Gasteiger partial charge on any atom is -0.508 e. The van der Waals surface area contributed by atoms with Gasteiger partial charge in [-0.05, 0) is 29.7 Å². The first-order valence-electron chi connectivity index (χ1n) is 11.2. The van der Waals surface area contributed by atoms with Gasteiger partial charge in [0.05, 0.1) is 6.42 Å². The van der Waals surface area contributed by atoms with Crippen LogP contribution in [-0.2, 0) is 14.4 Å². The molecule has 0 atom stereocenters. The Balaban J connectivity index is 1.99. The van der Waals surface area contributed by atoms with Crippen LogP contribution >= 0.6 is 0 Å². The number of hydrogen-bond acceptors (Lipinski definition) is 5. The van der Waals surface area contributed by atoms with Crippen LogP contribution < -0.4 is 0 Å². The van der Waals surface area contributed by atoms with Gasteiger partial charge >= 0.3 is 5.97 Å². The third-order valence-electron chi connectivity index (χ3n) is 6.82. The van der Waals surface area contributed by atoms with E-state index in [1.54, 1.807) is 24.3 Å². The highest BCUT2D eigenvalue weighted by Gasteiger charge is 2.49. The van der Waals surface area contributed by atoms with E-state index >= 15 is 0 Å². The minimum absolute atomic E-state index is 0.0333. The van der Waals surface area contributed by atoms with E-state index < -0.39 is 11.9 Å². The molecular weight excluding hydrogens is 406 g/mol. The SMILES string of the molecule is CC1(C)CC(=O)C2=C(C1)N(CCC(=O)O)C1=C(C(=O)CC(C)(C)C1)C2c1ccccc1O. The number of rotatable bonds is 4. The molecule has 1 aromatic carbocycles. The number of aliphatic carboxylic acids is 1. The Morgan fingerprint density at radius 3 is 1.91 bits per heavy atom. The van der Waals surface area contributed by atoms with E-state index in [1.165, 1.54) is 0 Å². The number of Topliss-reactive ketones (excluding diaryl/α,β-unsaturated/α-hetero) is 2. The predicted octanol–water partition coefficient (Wildman–Crippen LogP) is 4.55. The van der Waals surface area contributed by atoms with Crippen LogP contribution in [0.15, 0.2) is 46.8 Å². The molecular formula is C26H31NO5. The number of ketones is 2. The summed E-state index contributed by atoms with van der Waals surface area (Å²) in [7, 11) is 0. The van der Waals surface area contributed by atoms with Gasteiger partial charge in [0.15, 0.2) is 11.6 Å². The highest BCUT2D eigenvalue weighted by molar-refractivity contribution is 6.07. The fraction of sp³-hybridized carbons (Fsp3) is 0.500. The molecule has 1 aliphatic heterocycles. The molecule has 0 bridgehead atoms. The molecule has 1 heterocycles. The average Bonchev–Trinajstić information content (AvgIpc) is 2.64. The number of aromatic hydroxyl groups is 1. The summed E-state index contributed by atoms with van der Waals surface area (Å²) in [5.41, 5.74) is 2.73. The number of hydrogen-bond donors (Lipinski definition) is 2. The van der Waals surface area contributed by atoms with Crippen LogP contribution in [-0.4, -0.2) is 39.2 Å². The van der Waals surface area contributed by atoms with Gasteiger partial charge in [0, 0.05) is 53.4 Å². The molecule has 1 aromatic rings. The minimum atomic E-state index is -0.917. The average molecular weight is 438 g/mol. The van der Waals surface area contributed by atoms with Gasteiger partial charge in [-0.3, -0.25) is 14.4 Å². The van der Waals surface area contributed by atoms with Crippen LogP contribution in [0.5, 0.6) is 5.75 Å². The number of phenolic OH excluding ortho intramolecular Hbond substituents is 1. The smallest absolute Gasteiger partial charge is 0.305 e. The summed E-state index contributed by atoms with van der Waals surface area (Å²) in [4.78, 5) is 40.4. The molecule has 170 valence electrons. The second kappa shape index (κ2) is 7.61. The number of phenols is 1. The first kappa shape index (κ1) is 22.3. The summed E-state index contributed by atoms with van der Waals surface area (Å²) in [5.74, 6) is -1.54. The third kappa shape index (κ3) is 3.87. The Labute approximate surface area is 188 Å². The van der Waals surface area contributed by atoms with Crippen molar-refractivity contribution in [3.63, 3.8) is 0 Å². The van der Waals surface area contributed by atoms with Crippen molar-refractivity contribution in [3.8, 4) is 5.75 Å². The van der Waals surface area contributed by atoms with E-state index in [9.17, 15) is 24.6 Å². The number of carbonyl (C=O) groups excluding carboxylic acids is 2. The zero-order valence-corrected chi connectivity index (χ0v) is 19.2. The van der Waals surface area contributed by atoms with Crippen molar-refractivity contribution >= 4 is 17.5 Å². The predicted molar refractivity (Wildman–Crippen MR) is 120 cm³/mol. The van der Waals surface area contributed by atoms with Crippen LogP contribution in [0, 0.1) is 10.8 Å². The van der Waals surface area contributed by atoms with Gasteiger partial charge in [0.1, 0.15) is 5.75 Å². The molecule has 0 unspecified atom stereocenters. The molecule has 4 rings (SSSR count). The molecule has 3 aliphatic rings. The molecule has 32 heavy (non-hydrogen) atoms. The molecule has 0 aromatic heterocycles. The lowest BCUT2D eigenvalue weighted by Crippen LogP contribution is -2.45. The summed E-state index contributed by atoms with van der Waals surface area (Å²) in [5, 5.41) is 20.1. The fourth-order valence-corrected chi connectivity index (χ4v) is 5.57. The van der Waals surface area contributed by atoms with Gasteiger partial charge in [-0.15, -0.1) is 0 Å². The lowest BCUT2D eigenvalue weighted by Gasteiger charge is -2.49. The number of carbonyl (C=O) groups is 3. The Morgan fingerprint density at radius 2 is 1.44 bits per heavy atom. The van der Waals surface area contributed by atoms with E-state index in [1.807, 2.05) is 32.6 Å². The number of benzene rings is 1. The molecule has 2 aliphatic carbocycles. The standard InChI is InChI=1S/C26H31NO5/c1-25(2)11-16-23(19(29)13-25)22(15-7-5-6-8-18(15)28)24-17(27(16)10-9-21(31)32)12-26(3,4)14-20(24)30/h5-8,22,28H,9-14H2,1-4H3,(H,31,32). The molecule has 0 fully saturated rings. The van der Waals surface area contributed by atoms with E-state index in [-0.39, 0.29) is 41.1 Å². The third-order valence-corrected chi connectivity index (χ3v) is 6.82. The van der Waals surface area contributed by atoms with Gasteiger partial charge in [0.25, 0.3) is 0 Å². The highest BCUT2D eigenvalue weighted by Crippen LogP contribution is 2.55. The van der Waals surface area contributed by atoms with E-state index in [4.69, 9.17) is 0 Å². The van der Waals surface area contributed by atoms with Crippen LogP contribution in [0.1, 0.15) is 71.3 Å². The van der Waals surface area contributed by atoms with Crippen molar-refractivity contribution in [1.29, 1.82) is 0 Å². The molecule has 0 saturated carbocycles. The van der Waals surface area contributed by atoms with Crippen LogP contribution in [0.2, 0.25) is 0 Å². The maximum absolute atomic E-state index is 13.5. The normalized spacial score (nSPS) is 22.7. The van der Waals surface area contributed by atoms with E-state index in [0.29, 0.717) is 42.4 Å². The molecule has 0 spiro atoms. The largest absolute Gasteiger partial charge is 0.508 e. The number of para-hydroxylation sites is 1. The molecule has 6 heteroatoms. The molecule has 0 radical (unpaired) electrons. The van der Waals surface area contributed by atoms with Crippen LogP contribution in [0.4, 0.5) is 0 Å². The van der Waals surface area contributed by atoms with Gasteiger partial charge in [-0.2, -0.15) is 0 Å². The Morgan fingerprint density at radius 1 is 0.938 bits per heavy atom. The van der Waals surface area contributed by atoms with Crippen molar-refractivity contribution in [1.82, 2.24) is 4.90 Å². The zero-order chi connectivity index (χ0) is 23.4. The first-order chi connectivity index (χ1) is 14.9. The lowest BCUT2D eigenvalue weighted by molar-refractivity contribution is -0.137. The monoisotopic (exact) mass is 437 g/mol. The van der Waals surface area contributed by atoms with Crippen molar-refractivity contribution in [2.24, 2.45) is 10.8 Å². The van der Waals surface area contributed by atoms with Gasteiger partial charge in [0.2, 0.25) is 0 Å². The summed E-state index contributed by atoms with van der Waals surface area (Å²) < 4.78 is 0. The second-order valence-corrected chi connectivity index (χ2v) is 10.9. The number of nitrogens with zero attached hydrogens (tertiary/aromatic N) is 1. The number of carboxylic acids is 1. The quantitative estimate of drug-likeness (QED) is 0.717. The second-order valence-electron chi connectivity index (χ2n) is 10.9. The number of carboxylic acid groups (broad SMARTS) is 1.